The number of nitrogens with zero attached hydrogens (tertiary/aromatic N) is 3. The molecule has 5 heteroatoms. The third-order valence-electron chi connectivity index (χ3n) is 4.75. The second kappa shape index (κ2) is 6.09. The van der Waals surface area contributed by atoms with E-state index in [9.17, 15) is 4.79 Å². The molecule has 1 saturated heterocycles. The van der Waals surface area contributed by atoms with Crippen molar-refractivity contribution in [2.24, 2.45) is 11.7 Å². The number of nitrogens with two attached hydrogens (primary N) is 1. The smallest absolute Gasteiger partial charge is 0.253 e. The number of aromatic nitrogens is 2. The minimum absolute atomic E-state index is 0.0907. The average molecular weight is 320 g/mol. The topological polar surface area (TPSA) is 64.2 Å². The molecule has 1 aromatic heterocycles. The van der Waals surface area contributed by atoms with Gasteiger partial charge in [-0.3, -0.25) is 9.36 Å². The summed E-state index contributed by atoms with van der Waals surface area (Å²) in [4.78, 5) is 18.9. The van der Waals surface area contributed by atoms with E-state index >= 15 is 0 Å². The minimum atomic E-state index is 0.0907. The lowest BCUT2D eigenvalue weighted by Gasteiger charge is -2.16. The minimum Gasteiger partial charge on any atom is -0.338 e. The Balaban J connectivity index is 1.58. The Bertz CT molecular complexity index is 868. The lowest BCUT2D eigenvalue weighted by Crippen LogP contribution is -2.29. The van der Waals surface area contributed by atoms with Crippen LogP contribution >= 0.6 is 0 Å². The van der Waals surface area contributed by atoms with Crippen LogP contribution < -0.4 is 5.73 Å². The molecule has 1 fully saturated rings. The maximum Gasteiger partial charge on any atom is 0.253 e. The van der Waals surface area contributed by atoms with E-state index in [-0.39, 0.29) is 5.91 Å². The molecule has 0 spiro atoms. The van der Waals surface area contributed by atoms with Crippen LogP contribution in [-0.4, -0.2) is 40.0 Å². The van der Waals surface area contributed by atoms with Crippen molar-refractivity contribution in [3.63, 3.8) is 0 Å². The first-order valence-corrected chi connectivity index (χ1v) is 8.28. The van der Waals surface area contributed by atoms with Gasteiger partial charge in [-0.25, -0.2) is 4.98 Å². The Kier molecular flexibility index (Phi) is 3.78. The summed E-state index contributed by atoms with van der Waals surface area (Å²) in [5, 5.41) is 0. The lowest BCUT2D eigenvalue weighted by molar-refractivity contribution is 0.0787. The van der Waals surface area contributed by atoms with Gasteiger partial charge in [-0.15, -0.1) is 0 Å². The Hall–Kier alpha value is -2.66. The number of amides is 1. The molecule has 1 atom stereocenters. The first kappa shape index (κ1) is 14.9. The summed E-state index contributed by atoms with van der Waals surface area (Å²) in [5.74, 6) is 0.526. The number of rotatable bonds is 3. The molecule has 5 nitrogen and oxygen atoms in total. The van der Waals surface area contributed by atoms with Gasteiger partial charge in [0.2, 0.25) is 0 Å². The normalized spacial score (nSPS) is 17.5. The summed E-state index contributed by atoms with van der Waals surface area (Å²) in [5.41, 5.74) is 9.45. The van der Waals surface area contributed by atoms with E-state index in [0.29, 0.717) is 12.5 Å². The van der Waals surface area contributed by atoms with Crippen molar-refractivity contribution in [1.29, 1.82) is 0 Å². The van der Waals surface area contributed by atoms with Crippen molar-refractivity contribution < 1.29 is 4.79 Å². The van der Waals surface area contributed by atoms with E-state index in [2.05, 4.69) is 4.98 Å². The molecule has 4 rings (SSSR count). The van der Waals surface area contributed by atoms with Crippen LogP contribution in [0.5, 0.6) is 0 Å². The molecule has 2 N–H and O–H groups in total. The van der Waals surface area contributed by atoms with E-state index in [0.717, 1.165) is 41.8 Å². The fourth-order valence-electron chi connectivity index (χ4n) is 3.32. The van der Waals surface area contributed by atoms with Crippen molar-refractivity contribution in [3.8, 4) is 5.69 Å². The van der Waals surface area contributed by atoms with E-state index in [1.165, 1.54) is 0 Å². The maximum absolute atomic E-state index is 12.6. The highest BCUT2D eigenvalue weighted by molar-refractivity contribution is 5.94. The number of carbonyl (C=O) groups excluding carboxylic acids is 1. The van der Waals surface area contributed by atoms with Gasteiger partial charge in [0.25, 0.3) is 5.91 Å². The maximum atomic E-state index is 12.6. The summed E-state index contributed by atoms with van der Waals surface area (Å²) < 4.78 is 2.03. The molecule has 1 amide bonds. The van der Waals surface area contributed by atoms with E-state index < -0.39 is 0 Å². The molecule has 3 aromatic rings. The molecule has 0 aliphatic carbocycles. The van der Waals surface area contributed by atoms with Crippen molar-refractivity contribution in [2.45, 2.75) is 6.42 Å². The number of benzene rings is 2. The highest BCUT2D eigenvalue weighted by Gasteiger charge is 2.25. The quantitative estimate of drug-likeness (QED) is 0.806. The zero-order valence-corrected chi connectivity index (χ0v) is 13.4. The van der Waals surface area contributed by atoms with Crippen molar-refractivity contribution >= 4 is 16.9 Å². The van der Waals surface area contributed by atoms with Crippen LogP contribution in [0.3, 0.4) is 0 Å². The monoisotopic (exact) mass is 320 g/mol. The summed E-state index contributed by atoms with van der Waals surface area (Å²) >= 11 is 0. The van der Waals surface area contributed by atoms with Gasteiger partial charge in [0.05, 0.1) is 11.0 Å². The number of carbonyl (C=O) groups is 1. The Morgan fingerprint density at radius 1 is 1.17 bits per heavy atom. The largest absolute Gasteiger partial charge is 0.338 e. The van der Waals surface area contributed by atoms with Crippen LogP contribution in [0.1, 0.15) is 16.8 Å². The first-order valence-electron chi connectivity index (χ1n) is 8.28. The molecule has 2 aromatic carbocycles. The number of hydrogen-bond acceptors (Lipinski definition) is 3. The van der Waals surface area contributed by atoms with Gasteiger partial charge in [0, 0.05) is 24.3 Å². The highest BCUT2D eigenvalue weighted by Crippen LogP contribution is 2.21. The van der Waals surface area contributed by atoms with Gasteiger partial charge in [-0.2, -0.15) is 0 Å². The molecular weight excluding hydrogens is 300 g/mol. The van der Waals surface area contributed by atoms with Crippen LogP contribution in [0.25, 0.3) is 16.7 Å². The molecular formula is C19H20N4O. The summed E-state index contributed by atoms with van der Waals surface area (Å²) in [6.07, 6.45) is 2.81. The zero-order chi connectivity index (χ0) is 16.5. The molecule has 1 unspecified atom stereocenters. The van der Waals surface area contributed by atoms with Gasteiger partial charge >= 0.3 is 0 Å². The molecule has 0 radical (unpaired) electrons. The van der Waals surface area contributed by atoms with Crippen molar-refractivity contribution in [1.82, 2.24) is 14.5 Å². The van der Waals surface area contributed by atoms with Gasteiger partial charge < -0.3 is 10.6 Å². The second-order valence-electron chi connectivity index (χ2n) is 6.29. The molecule has 2 heterocycles. The van der Waals surface area contributed by atoms with Crippen LogP contribution in [0.4, 0.5) is 0 Å². The molecule has 0 bridgehead atoms. The molecule has 122 valence electrons. The molecule has 24 heavy (non-hydrogen) atoms. The van der Waals surface area contributed by atoms with Crippen LogP contribution in [0.2, 0.25) is 0 Å². The summed E-state index contributed by atoms with van der Waals surface area (Å²) in [7, 11) is 0. The van der Waals surface area contributed by atoms with Crippen LogP contribution in [0, 0.1) is 5.92 Å². The SMILES string of the molecule is NCC1CCN(C(=O)c2ccc(-n3cnc4ccccc43)cc2)C1. The predicted molar refractivity (Wildman–Crippen MR) is 94.1 cm³/mol. The third kappa shape index (κ3) is 2.57. The number of likely N-dealkylation sites (tertiary alicyclic amines) is 1. The van der Waals surface area contributed by atoms with Gasteiger partial charge in [-0.1, -0.05) is 12.1 Å². The van der Waals surface area contributed by atoms with Crippen LogP contribution in [-0.2, 0) is 0 Å². The van der Waals surface area contributed by atoms with Gasteiger partial charge in [-0.05, 0) is 55.3 Å². The highest BCUT2D eigenvalue weighted by atomic mass is 16.2. The molecule has 1 aliphatic rings. The predicted octanol–water partition coefficient (Wildman–Crippen LogP) is 2.45. The summed E-state index contributed by atoms with van der Waals surface area (Å²) in [6.45, 7) is 2.22. The molecule has 0 saturated carbocycles. The lowest BCUT2D eigenvalue weighted by atomic mass is 10.1. The Morgan fingerprint density at radius 2 is 1.96 bits per heavy atom. The van der Waals surface area contributed by atoms with Crippen molar-refractivity contribution in [2.75, 3.05) is 19.6 Å². The first-order chi connectivity index (χ1) is 11.8. The number of fused-ring (bicyclic) bond motifs is 1. The standard InChI is InChI=1S/C19H20N4O/c20-11-14-9-10-22(12-14)19(24)15-5-7-16(8-6-15)23-13-21-17-3-1-2-4-18(17)23/h1-8,13-14H,9-12,20H2. The van der Waals surface area contributed by atoms with E-state index in [4.69, 9.17) is 5.73 Å². The van der Waals surface area contributed by atoms with Crippen LogP contribution in [0.15, 0.2) is 54.9 Å². The Morgan fingerprint density at radius 3 is 2.71 bits per heavy atom. The average Bonchev–Trinajstić information content (AvgIpc) is 3.28. The second-order valence-corrected chi connectivity index (χ2v) is 6.29. The summed E-state index contributed by atoms with van der Waals surface area (Å²) in [6, 6.07) is 15.7. The van der Waals surface area contributed by atoms with Gasteiger partial charge in [0.15, 0.2) is 0 Å². The van der Waals surface area contributed by atoms with Gasteiger partial charge in [0.1, 0.15) is 6.33 Å². The third-order valence-corrected chi connectivity index (χ3v) is 4.75. The fraction of sp³-hybridized carbons (Fsp3) is 0.263. The molecule has 1 aliphatic heterocycles. The zero-order valence-electron chi connectivity index (χ0n) is 13.4. The van der Waals surface area contributed by atoms with Crippen molar-refractivity contribution in [3.05, 3.63) is 60.4 Å². The number of imidazole rings is 1. The van der Waals surface area contributed by atoms with E-state index in [1.807, 2.05) is 64.3 Å². The fourth-order valence-corrected chi connectivity index (χ4v) is 3.32. The van der Waals surface area contributed by atoms with E-state index in [1.54, 1.807) is 0 Å². The number of hydrogen-bond donors (Lipinski definition) is 1. The Labute approximate surface area is 140 Å². The number of para-hydroxylation sites is 2.